The Labute approximate surface area is 93.8 Å². The van der Waals surface area contributed by atoms with E-state index < -0.39 is 13.2 Å². The topological polar surface area (TPSA) is 46.5 Å². The Kier molecular flexibility index (Phi) is 6.74. The van der Waals surface area contributed by atoms with E-state index in [1.807, 2.05) is 13.8 Å². The van der Waals surface area contributed by atoms with Crippen LogP contribution < -0.4 is 0 Å². The van der Waals surface area contributed by atoms with Gasteiger partial charge in [-0.2, -0.15) is 0 Å². The van der Waals surface area contributed by atoms with Gasteiger partial charge in [-0.3, -0.25) is 4.57 Å². The molecular formula is C11H25O3P. The standard InChI is InChI=1S/C11H25O3P/c1-5-7-8-9-10-11(3,4)14-15(12,13)6-2/h5-10H2,1-4H3,(H,12,13). The fraction of sp³-hybridized carbons (Fsp3) is 1.00. The van der Waals surface area contributed by atoms with E-state index in [2.05, 4.69) is 6.92 Å². The van der Waals surface area contributed by atoms with Gasteiger partial charge in [0.05, 0.1) is 5.60 Å². The maximum Gasteiger partial charge on any atom is 0.328 e. The molecule has 3 nitrogen and oxygen atoms in total. The van der Waals surface area contributed by atoms with Crippen molar-refractivity contribution in [2.24, 2.45) is 0 Å². The van der Waals surface area contributed by atoms with Crippen LogP contribution in [-0.2, 0) is 9.09 Å². The van der Waals surface area contributed by atoms with Crippen molar-refractivity contribution < 1.29 is 14.0 Å². The third kappa shape index (κ3) is 8.01. The largest absolute Gasteiger partial charge is 0.328 e. The van der Waals surface area contributed by atoms with Gasteiger partial charge in [0.25, 0.3) is 0 Å². The second kappa shape index (κ2) is 6.67. The van der Waals surface area contributed by atoms with Crippen LogP contribution >= 0.6 is 7.60 Å². The molecule has 1 unspecified atom stereocenters. The average molecular weight is 236 g/mol. The molecule has 0 saturated carbocycles. The summed E-state index contributed by atoms with van der Waals surface area (Å²) in [4.78, 5) is 9.39. The lowest BCUT2D eigenvalue weighted by atomic mass is 10.0. The molecule has 0 radical (unpaired) electrons. The van der Waals surface area contributed by atoms with E-state index in [9.17, 15) is 9.46 Å². The quantitative estimate of drug-likeness (QED) is 0.512. The molecule has 1 N–H and O–H groups in total. The maximum atomic E-state index is 11.4. The van der Waals surface area contributed by atoms with Gasteiger partial charge in [-0.1, -0.05) is 39.5 Å². The molecule has 0 aliphatic carbocycles. The van der Waals surface area contributed by atoms with E-state index in [-0.39, 0.29) is 6.16 Å². The van der Waals surface area contributed by atoms with Crippen LogP contribution in [0.15, 0.2) is 0 Å². The Morgan fingerprint density at radius 2 is 1.80 bits per heavy atom. The number of rotatable bonds is 8. The van der Waals surface area contributed by atoms with Gasteiger partial charge >= 0.3 is 7.60 Å². The average Bonchev–Trinajstić information content (AvgIpc) is 2.11. The zero-order valence-corrected chi connectivity index (χ0v) is 11.3. The normalized spacial score (nSPS) is 16.3. The van der Waals surface area contributed by atoms with Crippen molar-refractivity contribution in [1.29, 1.82) is 0 Å². The van der Waals surface area contributed by atoms with Crippen LogP contribution in [0.4, 0.5) is 0 Å². The Morgan fingerprint density at radius 1 is 1.20 bits per heavy atom. The predicted octanol–water partition coefficient (Wildman–Crippen LogP) is 3.96. The molecule has 0 amide bonds. The van der Waals surface area contributed by atoms with E-state index in [0.717, 1.165) is 12.8 Å². The molecule has 0 bridgehead atoms. The summed E-state index contributed by atoms with van der Waals surface area (Å²) in [5, 5.41) is 0. The predicted molar refractivity (Wildman–Crippen MR) is 64.3 cm³/mol. The molecule has 0 heterocycles. The molecule has 1 atom stereocenters. The summed E-state index contributed by atoms with van der Waals surface area (Å²) in [6.45, 7) is 7.61. The first-order valence-corrected chi connectivity index (χ1v) is 7.62. The van der Waals surface area contributed by atoms with E-state index in [0.29, 0.717) is 0 Å². The summed E-state index contributed by atoms with van der Waals surface area (Å²) in [6.07, 6.45) is 5.69. The lowest BCUT2D eigenvalue weighted by Crippen LogP contribution is -2.23. The fourth-order valence-electron chi connectivity index (χ4n) is 1.47. The first-order chi connectivity index (χ1) is 6.83. The Balaban J connectivity index is 3.91. The highest BCUT2D eigenvalue weighted by Gasteiger charge is 2.28. The van der Waals surface area contributed by atoms with Crippen molar-refractivity contribution in [3.05, 3.63) is 0 Å². The Morgan fingerprint density at radius 3 is 2.27 bits per heavy atom. The maximum absolute atomic E-state index is 11.4. The lowest BCUT2D eigenvalue weighted by Gasteiger charge is -2.27. The Bertz CT molecular complexity index is 214. The molecular weight excluding hydrogens is 211 g/mol. The van der Waals surface area contributed by atoms with Gasteiger partial charge in [0.15, 0.2) is 0 Å². The summed E-state index contributed by atoms with van der Waals surface area (Å²) in [6, 6.07) is 0. The zero-order chi connectivity index (χ0) is 11.9. The second-order valence-electron chi connectivity index (χ2n) is 4.62. The van der Waals surface area contributed by atoms with E-state index >= 15 is 0 Å². The summed E-state index contributed by atoms with van der Waals surface area (Å²) in [5.74, 6) is 0. The molecule has 0 aliphatic heterocycles. The molecule has 15 heavy (non-hydrogen) atoms. The van der Waals surface area contributed by atoms with Crippen molar-refractivity contribution in [3.8, 4) is 0 Å². The highest BCUT2D eigenvalue weighted by atomic mass is 31.2. The monoisotopic (exact) mass is 236 g/mol. The summed E-state index contributed by atoms with van der Waals surface area (Å²) >= 11 is 0. The van der Waals surface area contributed by atoms with Crippen molar-refractivity contribution in [2.45, 2.75) is 65.4 Å². The van der Waals surface area contributed by atoms with E-state index in [1.54, 1.807) is 6.92 Å². The molecule has 0 aromatic carbocycles. The molecule has 0 aromatic heterocycles. The first-order valence-electron chi connectivity index (χ1n) is 5.85. The first kappa shape index (κ1) is 15.2. The van der Waals surface area contributed by atoms with Crippen LogP contribution in [0, 0.1) is 0 Å². The minimum Gasteiger partial charge on any atom is -0.324 e. The van der Waals surface area contributed by atoms with Gasteiger partial charge in [-0.05, 0) is 20.3 Å². The molecule has 0 aromatic rings. The minimum absolute atomic E-state index is 0.186. The van der Waals surface area contributed by atoms with E-state index in [1.165, 1.54) is 19.3 Å². The smallest absolute Gasteiger partial charge is 0.324 e. The van der Waals surface area contributed by atoms with E-state index in [4.69, 9.17) is 4.52 Å². The summed E-state index contributed by atoms with van der Waals surface area (Å²) in [5.41, 5.74) is -0.478. The molecule has 92 valence electrons. The van der Waals surface area contributed by atoms with Gasteiger partial charge < -0.3 is 9.42 Å². The van der Waals surface area contributed by atoms with Crippen LogP contribution in [-0.4, -0.2) is 16.7 Å². The molecule has 0 spiro atoms. The van der Waals surface area contributed by atoms with Crippen LogP contribution in [0.25, 0.3) is 0 Å². The van der Waals surface area contributed by atoms with Gasteiger partial charge in [-0.25, -0.2) is 0 Å². The third-order valence-corrected chi connectivity index (χ3v) is 4.00. The number of hydrogen-bond acceptors (Lipinski definition) is 2. The van der Waals surface area contributed by atoms with Crippen LogP contribution in [0.2, 0.25) is 0 Å². The zero-order valence-electron chi connectivity index (χ0n) is 10.5. The molecule has 4 heteroatoms. The van der Waals surface area contributed by atoms with Crippen molar-refractivity contribution in [1.82, 2.24) is 0 Å². The van der Waals surface area contributed by atoms with Gasteiger partial charge in [-0.15, -0.1) is 0 Å². The minimum atomic E-state index is -3.35. The highest BCUT2D eigenvalue weighted by molar-refractivity contribution is 7.52. The number of hydrogen-bond donors (Lipinski definition) is 1. The van der Waals surface area contributed by atoms with Crippen LogP contribution in [0.1, 0.15) is 59.8 Å². The molecule has 0 aliphatic rings. The van der Waals surface area contributed by atoms with Crippen molar-refractivity contribution in [3.63, 3.8) is 0 Å². The molecule has 0 saturated heterocycles. The fourth-order valence-corrected chi connectivity index (χ4v) is 2.47. The highest BCUT2D eigenvalue weighted by Crippen LogP contribution is 2.46. The van der Waals surface area contributed by atoms with Gasteiger partial charge in [0.2, 0.25) is 0 Å². The van der Waals surface area contributed by atoms with Crippen molar-refractivity contribution in [2.75, 3.05) is 6.16 Å². The summed E-state index contributed by atoms with van der Waals surface area (Å²) in [7, 11) is -3.35. The lowest BCUT2D eigenvalue weighted by molar-refractivity contribution is 0.0811. The SMILES string of the molecule is CCCCCCC(C)(C)OP(=O)(O)CC. The van der Waals surface area contributed by atoms with Gasteiger partial charge in [0, 0.05) is 6.16 Å². The molecule has 0 rings (SSSR count). The van der Waals surface area contributed by atoms with Crippen molar-refractivity contribution >= 4 is 7.60 Å². The number of unbranched alkanes of at least 4 members (excludes halogenated alkanes) is 3. The van der Waals surface area contributed by atoms with Crippen LogP contribution in [0.3, 0.4) is 0 Å². The van der Waals surface area contributed by atoms with Gasteiger partial charge in [0.1, 0.15) is 0 Å². The Hall–Kier alpha value is 0.150. The van der Waals surface area contributed by atoms with Crippen LogP contribution in [0.5, 0.6) is 0 Å². The summed E-state index contributed by atoms with van der Waals surface area (Å²) < 4.78 is 16.7. The third-order valence-electron chi connectivity index (χ3n) is 2.42. The molecule has 0 fully saturated rings. The second-order valence-corrected chi connectivity index (χ2v) is 6.71.